The summed E-state index contributed by atoms with van der Waals surface area (Å²) in [6, 6.07) is 8.08. The Morgan fingerprint density at radius 3 is 2.81 bits per heavy atom. The first kappa shape index (κ1) is 15.4. The van der Waals surface area contributed by atoms with E-state index in [0.29, 0.717) is 0 Å². The maximum absolute atomic E-state index is 5.44. The fraction of sp³-hybridized carbons (Fsp3) is 0.438. The van der Waals surface area contributed by atoms with E-state index in [1.165, 1.54) is 0 Å². The summed E-state index contributed by atoms with van der Waals surface area (Å²) >= 11 is 0. The highest BCUT2D eigenvalue weighted by Gasteiger charge is 2.11. The lowest BCUT2D eigenvalue weighted by Gasteiger charge is -2.18. The van der Waals surface area contributed by atoms with Crippen LogP contribution in [0, 0.1) is 0 Å². The van der Waals surface area contributed by atoms with E-state index in [1.54, 1.807) is 20.4 Å². The van der Waals surface area contributed by atoms with Gasteiger partial charge in [0.05, 0.1) is 14.2 Å². The van der Waals surface area contributed by atoms with Crippen LogP contribution in [0.15, 0.2) is 36.7 Å². The molecule has 1 atom stereocenters. The van der Waals surface area contributed by atoms with Gasteiger partial charge < -0.3 is 14.8 Å². The highest BCUT2D eigenvalue weighted by molar-refractivity contribution is 5.42. The number of hydrogen-bond donors (Lipinski definition) is 1. The predicted octanol–water partition coefficient (Wildman–Crippen LogP) is 2.64. The fourth-order valence-electron chi connectivity index (χ4n) is 2.28. The van der Waals surface area contributed by atoms with E-state index < -0.39 is 0 Å². The maximum atomic E-state index is 5.44. The van der Waals surface area contributed by atoms with Crippen molar-refractivity contribution < 1.29 is 9.47 Å². The monoisotopic (exact) mass is 289 g/mol. The molecule has 2 rings (SSSR count). The number of hydrogen-bond acceptors (Lipinski definition) is 4. The van der Waals surface area contributed by atoms with Crippen LogP contribution in [0.3, 0.4) is 0 Å². The molecule has 5 nitrogen and oxygen atoms in total. The number of aryl methyl sites for hydroxylation is 1. The van der Waals surface area contributed by atoms with Gasteiger partial charge in [-0.15, -0.1) is 0 Å². The zero-order valence-electron chi connectivity index (χ0n) is 12.9. The zero-order chi connectivity index (χ0) is 15.1. The molecule has 0 aliphatic rings. The van der Waals surface area contributed by atoms with Gasteiger partial charge in [-0.1, -0.05) is 6.07 Å². The van der Waals surface area contributed by atoms with Crippen molar-refractivity contribution in [2.45, 2.75) is 25.9 Å². The van der Waals surface area contributed by atoms with Crippen molar-refractivity contribution in [1.29, 1.82) is 0 Å². The molecule has 0 aliphatic carbocycles. The van der Waals surface area contributed by atoms with Crippen LogP contribution in [0.1, 0.15) is 24.9 Å². The number of benzene rings is 1. The zero-order valence-corrected chi connectivity index (χ0v) is 12.9. The van der Waals surface area contributed by atoms with Gasteiger partial charge in [0.1, 0.15) is 11.5 Å². The second kappa shape index (κ2) is 7.69. The molecule has 114 valence electrons. The molecule has 2 aromatic rings. The van der Waals surface area contributed by atoms with E-state index in [2.05, 4.69) is 17.3 Å². The molecular weight excluding hydrogens is 266 g/mol. The van der Waals surface area contributed by atoms with Crippen LogP contribution in [0.25, 0.3) is 0 Å². The van der Waals surface area contributed by atoms with E-state index in [1.807, 2.05) is 35.1 Å². The minimum atomic E-state index is 0.225. The molecular formula is C16H23N3O2. The first-order valence-corrected chi connectivity index (χ1v) is 7.17. The summed E-state index contributed by atoms with van der Waals surface area (Å²) in [5.74, 6) is 1.66. The summed E-state index contributed by atoms with van der Waals surface area (Å²) in [6.07, 6.45) is 4.82. The lowest BCUT2D eigenvalue weighted by Crippen LogP contribution is -2.21. The van der Waals surface area contributed by atoms with E-state index >= 15 is 0 Å². The fourth-order valence-corrected chi connectivity index (χ4v) is 2.28. The second-order valence-electron chi connectivity index (χ2n) is 4.91. The van der Waals surface area contributed by atoms with Gasteiger partial charge in [-0.2, -0.15) is 5.10 Å². The molecule has 1 N–H and O–H groups in total. The maximum Gasteiger partial charge on any atom is 0.127 e. The number of aromatic nitrogens is 2. The highest BCUT2D eigenvalue weighted by Crippen LogP contribution is 2.29. The van der Waals surface area contributed by atoms with E-state index in [-0.39, 0.29) is 6.04 Å². The number of nitrogens with one attached hydrogen (secondary N) is 1. The number of rotatable bonds is 8. The van der Waals surface area contributed by atoms with Gasteiger partial charge in [-0.05, 0) is 32.0 Å². The SMILES string of the molecule is COc1ccc(C(C)NCCCn2cccn2)c(OC)c1. The Kier molecular flexibility index (Phi) is 5.63. The number of nitrogens with zero attached hydrogens (tertiary/aromatic N) is 2. The first-order valence-electron chi connectivity index (χ1n) is 7.17. The normalized spacial score (nSPS) is 12.1. The molecule has 5 heteroatoms. The lowest BCUT2D eigenvalue weighted by molar-refractivity contribution is 0.385. The smallest absolute Gasteiger partial charge is 0.127 e. The number of ether oxygens (including phenoxy) is 2. The van der Waals surface area contributed by atoms with Crippen LogP contribution >= 0.6 is 0 Å². The van der Waals surface area contributed by atoms with Crippen LogP contribution in [-0.4, -0.2) is 30.5 Å². The Balaban J connectivity index is 1.86. The first-order chi connectivity index (χ1) is 10.2. The molecule has 0 bridgehead atoms. The van der Waals surface area contributed by atoms with Crippen LogP contribution in [0.4, 0.5) is 0 Å². The molecule has 21 heavy (non-hydrogen) atoms. The van der Waals surface area contributed by atoms with Crippen LogP contribution < -0.4 is 14.8 Å². The van der Waals surface area contributed by atoms with Crippen molar-refractivity contribution in [1.82, 2.24) is 15.1 Å². The second-order valence-corrected chi connectivity index (χ2v) is 4.91. The van der Waals surface area contributed by atoms with Gasteiger partial charge in [0.15, 0.2) is 0 Å². The molecule has 0 radical (unpaired) electrons. The summed E-state index contributed by atoms with van der Waals surface area (Å²) < 4.78 is 12.6. The molecule has 1 aromatic heterocycles. The summed E-state index contributed by atoms with van der Waals surface area (Å²) in [7, 11) is 3.34. The minimum Gasteiger partial charge on any atom is -0.497 e. The van der Waals surface area contributed by atoms with E-state index in [0.717, 1.165) is 36.6 Å². The molecule has 0 aliphatic heterocycles. The van der Waals surface area contributed by atoms with Gasteiger partial charge in [0, 0.05) is 36.6 Å². The highest BCUT2D eigenvalue weighted by atomic mass is 16.5. The standard InChI is InChI=1S/C16H23N3O2/c1-13(17-8-4-10-19-11-5-9-18-19)15-7-6-14(20-2)12-16(15)21-3/h5-7,9,11-13,17H,4,8,10H2,1-3H3. The van der Waals surface area contributed by atoms with Crippen molar-refractivity contribution in [3.63, 3.8) is 0 Å². The Morgan fingerprint density at radius 1 is 1.29 bits per heavy atom. The van der Waals surface area contributed by atoms with Gasteiger partial charge in [0.25, 0.3) is 0 Å². The van der Waals surface area contributed by atoms with Crippen molar-refractivity contribution in [2.75, 3.05) is 20.8 Å². The Labute approximate surface area is 125 Å². The van der Waals surface area contributed by atoms with Crippen LogP contribution in [0.2, 0.25) is 0 Å². The summed E-state index contributed by atoms with van der Waals surface area (Å²) in [4.78, 5) is 0. The third-order valence-corrected chi connectivity index (χ3v) is 3.48. The van der Waals surface area contributed by atoms with Gasteiger partial charge in [-0.3, -0.25) is 4.68 Å². The van der Waals surface area contributed by atoms with Crippen molar-refractivity contribution in [3.05, 3.63) is 42.2 Å². The largest absolute Gasteiger partial charge is 0.497 e. The van der Waals surface area contributed by atoms with Crippen molar-refractivity contribution >= 4 is 0 Å². The van der Waals surface area contributed by atoms with Crippen molar-refractivity contribution in [2.24, 2.45) is 0 Å². The van der Waals surface area contributed by atoms with Gasteiger partial charge >= 0.3 is 0 Å². The Hall–Kier alpha value is -2.01. The molecule has 0 fully saturated rings. The summed E-state index contributed by atoms with van der Waals surface area (Å²) in [6.45, 7) is 3.99. The molecule has 0 amide bonds. The molecule has 1 heterocycles. The molecule has 1 aromatic carbocycles. The van der Waals surface area contributed by atoms with Crippen LogP contribution in [0.5, 0.6) is 11.5 Å². The average molecular weight is 289 g/mol. The molecule has 1 unspecified atom stereocenters. The summed E-state index contributed by atoms with van der Waals surface area (Å²) in [5.41, 5.74) is 1.14. The van der Waals surface area contributed by atoms with Crippen LogP contribution in [-0.2, 0) is 6.54 Å². The van der Waals surface area contributed by atoms with E-state index in [9.17, 15) is 0 Å². The molecule has 0 saturated heterocycles. The summed E-state index contributed by atoms with van der Waals surface area (Å²) in [5, 5.41) is 7.70. The van der Waals surface area contributed by atoms with Crippen molar-refractivity contribution in [3.8, 4) is 11.5 Å². The Morgan fingerprint density at radius 2 is 2.14 bits per heavy atom. The average Bonchev–Trinajstić information content (AvgIpc) is 3.04. The molecule has 0 spiro atoms. The predicted molar refractivity (Wildman–Crippen MR) is 82.8 cm³/mol. The van der Waals surface area contributed by atoms with Gasteiger partial charge in [-0.25, -0.2) is 0 Å². The third-order valence-electron chi connectivity index (χ3n) is 3.48. The lowest BCUT2D eigenvalue weighted by atomic mass is 10.1. The minimum absolute atomic E-state index is 0.225. The Bertz CT molecular complexity index is 540. The quantitative estimate of drug-likeness (QED) is 0.759. The third kappa shape index (κ3) is 4.23. The van der Waals surface area contributed by atoms with E-state index in [4.69, 9.17) is 9.47 Å². The van der Waals surface area contributed by atoms with Gasteiger partial charge in [0.2, 0.25) is 0 Å². The number of methoxy groups -OCH3 is 2. The molecule has 0 saturated carbocycles. The topological polar surface area (TPSA) is 48.3 Å².